The molecule has 1 amide bonds. The van der Waals surface area contributed by atoms with Gasteiger partial charge in [0, 0.05) is 42.2 Å². The molecule has 0 spiro atoms. The quantitative estimate of drug-likeness (QED) is 0.902. The van der Waals surface area contributed by atoms with Crippen molar-refractivity contribution in [3.63, 3.8) is 0 Å². The number of carbonyl (C=O) groups excluding carboxylic acids is 1. The molecule has 0 bridgehead atoms. The van der Waals surface area contributed by atoms with Crippen LogP contribution in [0.3, 0.4) is 0 Å². The van der Waals surface area contributed by atoms with E-state index in [1.165, 1.54) is 6.26 Å². The Morgan fingerprint density at radius 3 is 2.83 bits per heavy atom. The van der Waals surface area contributed by atoms with E-state index in [1.54, 1.807) is 18.2 Å². The normalized spacial score (nSPS) is 17.9. The van der Waals surface area contributed by atoms with Crippen LogP contribution in [-0.4, -0.2) is 29.4 Å². The van der Waals surface area contributed by atoms with E-state index >= 15 is 0 Å². The number of halogens is 1. The number of hydrogen-bond acceptors (Lipinski definition) is 4. The summed E-state index contributed by atoms with van der Waals surface area (Å²) in [6.07, 6.45) is 2.94. The van der Waals surface area contributed by atoms with Crippen molar-refractivity contribution < 1.29 is 9.21 Å². The summed E-state index contributed by atoms with van der Waals surface area (Å²) >= 11 is 6.00. The van der Waals surface area contributed by atoms with Gasteiger partial charge in [-0.15, -0.1) is 0 Å². The van der Waals surface area contributed by atoms with Crippen LogP contribution in [0.15, 0.2) is 33.7 Å². The summed E-state index contributed by atoms with van der Waals surface area (Å²) in [6.45, 7) is 5.36. The minimum Gasteiger partial charge on any atom is -0.464 e. The molecular formula is C18H21ClN2O3. The maximum absolute atomic E-state index is 12.7. The van der Waals surface area contributed by atoms with Crippen LogP contribution in [0, 0.1) is 0 Å². The number of nitrogens with one attached hydrogen (secondary N) is 1. The molecule has 0 radical (unpaired) electrons. The van der Waals surface area contributed by atoms with E-state index in [-0.39, 0.29) is 23.4 Å². The molecule has 1 aliphatic rings. The average molecular weight is 349 g/mol. The number of hydrogen-bond donors (Lipinski definition) is 1. The zero-order valence-electron chi connectivity index (χ0n) is 13.8. The van der Waals surface area contributed by atoms with Crippen molar-refractivity contribution in [1.82, 2.24) is 10.2 Å². The first-order valence-electron chi connectivity index (χ1n) is 8.17. The van der Waals surface area contributed by atoms with Crippen molar-refractivity contribution in [3.05, 3.63) is 45.3 Å². The van der Waals surface area contributed by atoms with Crippen molar-refractivity contribution >= 4 is 28.5 Å². The lowest BCUT2D eigenvalue weighted by atomic mass is 10.1. The number of nitrogens with zero attached hydrogens (tertiary/aromatic N) is 1. The fraction of sp³-hybridized carbons (Fsp3) is 0.444. The second kappa shape index (κ2) is 6.95. The molecule has 2 heterocycles. The smallest absolute Gasteiger partial charge is 0.220 e. The molecule has 1 saturated heterocycles. The first-order valence-corrected chi connectivity index (χ1v) is 8.55. The highest BCUT2D eigenvalue weighted by atomic mass is 35.5. The summed E-state index contributed by atoms with van der Waals surface area (Å²) in [7, 11) is 0. The van der Waals surface area contributed by atoms with E-state index in [0.717, 1.165) is 13.0 Å². The Bertz CT molecular complexity index is 816. The van der Waals surface area contributed by atoms with Gasteiger partial charge in [-0.2, -0.15) is 0 Å². The number of rotatable bonds is 5. The fourth-order valence-electron chi connectivity index (χ4n) is 3.03. The van der Waals surface area contributed by atoms with E-state index < -0.39 is 0 Å². The van der Waals surface area contributed by atoms with Gasteiger partial charge in [0.25, 0.3) is 0 Å². The molecule has 1 aromatic carbocycles. The first kappa shape index (κ1) is 17.0. The third-order valence-corrected chi connectivity index (χ3v) is 4.68. The van der Waals surface area contributed by atoms with E-state index in [4.69, 9.17) is 16.0 Å². The van der Waals surface area contributed by atoms with Crippen molar-refractivity contribution in [2.75, 3.05) is 6.54 Å². The molecule has 1 aliphatic heterocycles. The summed E-state index contributed by atoms with van der Waals surface area (Å²) in [5, 5.41) is 3.99. The lowest BCUT2D eigenvalue weighted by molar-refractivity contribution is -0.119. The van der Waals surface area contributed by atoms with Crippen LogP contribution in [0.5, 0.6) is 0 Å². The van der Waals surface area contributed by atoms with Gasteiger partial charge in [-0.3, -0.25) is 14.5 Å². The van der Waals surface area contributed by atoms with Crippen LogP contribution in [-0.2, 0) is 11.3 Å². The largest absolute Gasteiger partial charge is 0.464 e. The number of fused-ring (bicyclic) bond motifs is 1. The van der Waals surface area contributed by atoms with Crippen LogP contribution in [0.1, 0.15) is 32.3 Å². The van der Waals surface area contributed by atoms with Crippen LogP contribution >= 0.6 is 11.6 Å². The monoisotopic (exact) mass is 348 g/mol. The van der Waals surface area contributed by atoms with Gasteiger partial charge in [-0.25, -0.2) is 0 Å². The van der Waals surface area contributed by atoms with E-state index in [9.17, 15) is 9.59 Å². The van der Waals surface area contributed by atoms with Crippen LogP contribution in [0.25, 0.3) is 11.0 Å². The maximum Gasteiger partial charge on any atom is 0.220 e. The minimum absolute atomic E-state index is 0.0557. The third kappa shape index (κ3) is 3.62. The Labute approximate surface area is 145 Å². The molecule has 1 aromatic heterocycles. The Kier molecular flexibility index (Phi) is 4.92. The van der Waals surface area contributed by atoms with E-state index in [1.807, 2.05) is 0 Å². The predicted octanol–water partition coefficient (Wildman–Crippen LogP) is 2.94. The van der Waals surface area contributed by atoms with Gasteiger partial charge >= 0.3 is 0 Å². The summed E-state index contributed by atoms with van der Waals surface area (Å²) in [4.78, 5) is 26.3. The Morgan fingerprint density at radius 2 is 2.17 bits per heavy atom. The van der Waals surface area contributed by atoms with Crippen molar-refractivity contribution in [1.29, 1.82) is 0 Å². The highest BCUT2D eigenvalue weighted by Crippen LogP contribution is 2.18. The topological polar surface area (TPSA) is 62.6 Å². The van der Waals surface area contributed by atoms with Gasteiger partial charge in [0.1, 0.15) is 5.58 Å². The zero-order chi connectivity index (χ0) is 17.3. The predicted molar refractivity (Wildman–Crippen MR) is 94.2 cm³/mol. The van der Waals surface area contributed by atoms with Gasteiger partial charge in [-0.05, 0) is 38.5 Å². The number of amides is 1. The Hall–Kier alpha value is -1.85. The van der Waals surface area contributed by atoms with Gasteiger partial charge in [-0.1, -0.05) is 11.6 Å². The van der Waals surface area contributed by atoms with Crippen molar-refractivity contribution in [3.8, 4) is 0 Å². The third-order valence-electron chi connectivity index (χ3n) is 4.45. The summed E-state index contributed by atoms with van der Waals surface area (Å²) in [5.41, 5.74) is 1.08. The molecule has 1 unspecified atom stereocenters. The lowest BCUT2D eigenvalue weighted by Crippen LogP contribution is -2.42. The molecule has 128 valence electrons. The molecule has 24 heavy (non-hydrogen) atoms. The lowest BCUT2D eigenvalue weighted by Gasteiger charge is -2.28. The molecule has 1 fully saturated rings. The fourth-order valence-corrected chi connectivity index (χ4v) is 3.20. The molecule has 0 aliphatic carbocycles. The van der Waals surface area contributed by atoms with Gasteiger partial charge in [0.2, 0.25) is 5.91 Å². The standard InChI is InChI=1S/C18H21ClN2O3/c1-11(2)21(9-14-4-6-17(22)20-14)8-12-10-24-16-5-3-13(19)7-15(16)18(12)23/h3,5,7,10-11,14H,4,6,8-9H2,1-2H3,(H,20,22). The van der Waals surface area contributed by atoms with E-state index in [2.05, 4.69) is 24.1 Å². The van der Waals surface area contributed by atoms with Crippen LogP contribution < -0.4 is 10.7 Å². The highest BCUT2D eigenvalue weighted by Gasteiger charge is 2.24. The van der Waals surface area contributed by atoms with Crippen LogP contribution in [0.2, 0.25) is 5.02 Å². The van der Waals surface area contributed by atoms with Crippen molar-refractivity contribution in [2.45, 2.75) is 45.3 Å². The van der Waals surface area contributed by atoms with Gasteiger partial charge in [0.15, 0.2) is 5.43 Å². The minimum atomic E-state index is -0.0557. The van der Waals surface area contributed by atoms with Crippen molar-refractivity contribution in [2.24, 2.45) is 0 Å². The summed E-state index contributed by atoms with van der Waals surface area (Å²) in [5.74, 6) is 0.101. The maximum atomic E-state index is 12.7. The molecule has 6 heteroatoms. The summed E-state index contributed by atoms with van der Waals surface area (Å²) in [6, 6.07) is 5.44. The molecule has 0 saturated carbocycles. The zero-order valence-corrected chi connectivity index (χ0v) is 14.6. The highest BCUT2D eigenvalue weighted by molar-refractivity contribution is 6.31. The molecule has 3 rings (SSSR count). The summed E-state index contributed by atoms with van der Waals surface area (Å²) < 4.78 is 5.59. The second-order valence-electron chi connectivity index (χ2n) is 6.56. The Morgan fingerprint density at radius 1 is 1.38 bits per heavy atom. The first-order chi connectivity index (χ1) is 11.4. The molecular weight excluding hydrogens is 328 g/mol. The molecule has 1 N–H and O–H groups in total. The number of carbonyl (C=O) groups is 1. The second-order valence-corrected chi connectivity index (χ2v) is 6.99. The Balaban J connectivity index is 1.84. The molecule has 2 aromatic rings. The van der Waals surface area contributed by atoms with Gasteiger partial charge in [0.05, 0.1) is 11.6 Å². The number of benzene rings is 1. The molecule has 1 atom stereocenters. The van der Waals surface area contributed by atoms with E-state index in [0.29, 0.717) is 34.5 Å². The SMILES string of the molecule is CC(C)N(Cc1coc2ccc(Cl)cc2c1=O)CC1CCC(=O)N1. The average Bonchev–Trinajstić information content (AvgIpc) is 2.94. The molecule has 5 nitrogen and oxygen atoms in total. The van der Waals surface area contributed by atoms with Crippen LogP contribution in [0.4, 0.5) is 0 Å². The van der Waals surface area contributed by atoms with Gasteiger partial charge < -0.3 is 9.73 Å².